The normalized spacial score (nSPS) is 12.6. The molecule has 0 radical (unpaired) electrons. The summed E-state index contributed by atoms with van der Waals surface area (Å²) < 4.78 is 1.03. The summed E-state index contributed by atoms with van der Waals surface area (Å²) in [6.07, 6.45) is 0. The number of amides is 1. The van der Waals surface area contributed by atoms with Gasteiger partial charge in [-0.2, -0.15) is 0 Å². The van der Waals surface area contributed by atoms with E-state index in [0.29, 0.717) is 12.6 Å². The smallest absolute Gasteiger partial charge is 0.252 e. The summed E-state index contributed by atoms with van der Waals surface area (Å²) in [6.45, 7) is 4.76. The van der Waals surface area contributed by atoms with E-state index < -0.39 is 0 Å². The average molecular weight is 346 g/mol. The molecular weight excluding hydrogens is 327 g/mol. The van der Waals surface area contributed by atoms with Crippen molar-refractivity contribution in [1.82, 2.24) is 10.2 Å². The highest BCUT2D eigenvalue weighted by atomic mass is 127. The number of nitrogens with one attached hydrogen (secondary N) is 1. The first-order valence-corrected chi connectivity index (χ1v) is 6.71. The molecular formula is C13H19IN2O. The second-order valence-corrected chi connectivity index (χ2v) is 5.54. The van der Waals surface area contributed by atoms with Crippen molar-refractivity contribution in [2.24, 2.45) is 0 Å². The Kier molecular flexibility index (Phi) is 5.39. The number of halogens is 1. The number of carbonyl (C=O) groups is 1. The predicted molar refractivity (Wildman–Crippen MR) is 79.4 cm³/mol. The summed E-state index contributed by atoms with van der Waals surface area (Å²) in [4.78, 5) is 14.1. The fourth-order valence-electron chi connectivity index (χ4n) is 1.34. The standard InChI is InChI=1S/C13H19IN2O/c1-9-6-5-7-11(12(9)14)13(17)15-8-10(2)16(3)4/h5-7,10H,8H2,1-4H3,(H,15,17)/t10-/m1/s1. The highest BCUT2D eigenvalue weighted by Crippen LogP contribution is 2.16. The highest BCUT2D eigenvalue weighted by Gasteiger charge is 2.12. The molecule has 4 heteroatoms. The van der Waals surface area contributed by atoms with E-state index in [9.17, 15) is 4.79 Å². The van der Waals surface area contributed by atoms with E-state index in [2.05, 4.69) is 39.7 Å². The third-order valence-corrected chi connectivity index (χ3v) is 4.31. The largest absolute Gasteiger partial charge is 0.350 e. The number of carbonyl (C=O) groups excluding carboxylic acids is 1. The lowest BCUT2D eigenvalue weighted by molar-refractivity contribution is 0.0942. The number of rotatable bonds is 4. The number of likely N-dealkylation sites (N-methyl/N-ethyl adjacent to an activating group) is 1. The van der Waals surface area contributed by atoms with Gasteiger partial charge in [0.2, 0.25) is 0 Å². The second kappa shape index (κ2) is 6.35. The average Bonchev–Trinajstić information content (AvgIpc) is 2.29. The number of hydrogen-bond donors (Lipinski definition) is 1. The maximum absolute atomic E-state index is 12.0. The van der Waals surface area contributed by atoms with Crippen LogP contribution in [0.15, 0.2) is 18.2 Å². The Labute approximate surface area is 117 Å². The van der Waals surface area contributed by atoms with Crippen LogP contribution in [0.4, 0.5) is 0 Å². The SMILES string of the molecule is Cc1cccc(C(=O)NC[C@@H](C)N(C)C)c1I. The van der Waals surface area contributed by atoms with E-state index in [1.807, 2.05) is 39.2 Å². The van der Waals surface area contributed by atoms with Crippen LogP contribution in [-0.4, -0.2) is 37.5 Å². The molecule has 1 aromatic rings. The minimum atomic E-state index is 0.00630. The molecule has 3 nitrogen and oxygen atoms in total. The molecule has 0 aliphatic rings. The van der Waals surface area contributed by atoms with Gasteiger partial charge in [-0.3, -0.25) is 4.79 Å². The Morgan fingerprint density at radius 1 is 1.47 bits per heavy atom. The predicted octanol–water partition coefficient (Wildman–Crippen LogP) is 2.28. The van der Waals surface area contributed by atoms with Crippen molar-refractivity contribution >= 4 is 28.5 Å². The van der Waals surface area contributed by atoms with Gasteiger partial charge in [0.15, 0.2) is 0 Å². The van der Waals surface area contributed by atoms with E-state index in [1.54, 1.807) is 0 Å². The van der Waals surface area contributed by atoms with Crippen molar-refractivity contribution in [3.8, 4) is 0 Å². The van der Waals surface area contributed by atoms with E-state index >= 15 is 0 Å². The van der Waals surface area contributed by atoms with E-state index in [4.69, 9.17) is 0 Å². The lowest BCUT2D eigenvalue weighted by atomic mass is 10.1. The molecule has 0 saturated heterocycles. The molecule has 0 heterocycles. The lowest BCUT2D eigenvalue weighted by Crippen LogP contribution is -2.38. The highest BCUT2D eigenvalue weighted by molar-refractivity contribution is 14.1. The third-order valence-electron chi connectivity index (χ3n) is 2.88. The van der Waals surface area contributed by atoms with Crippen LogP contribution >= 0.6 is 22.6 Å². The summed E-state index contributed by atoms with van der Waals surface area (Å²) in [6, 6.07) is 6.13. The van der Waals surface area contributed by atoms with E-state index in [0.717, 1.165) is 14.7 Å². The van der Waals surface area contributed by atoms with Crippen LogP contribution in [0.25, 0.3) is 0 Å². The van der Waals surface area contributed by atoms with E-state index in [-0.39, 0.29) is 5.91 Å². The van der Waals surface area contributed by atoms with Crippen LogP contribution in [0.2, 0.25) is 0 Å². The Morgan fingerprint density at radius 3 is 2.71 bits per heavy atom. The van der Waals surface area contributed by atoms with Crippen LogP contribution in [0.3, 0.4) is 0 Å². The minimum Gasteiger partial charge on any atom is -0.350 e. The van der Waals surface area contributed by atoms with Gasteiger partial charge < -0.3 is 10.2 Å². The monoisotopic (exact) mass is 346 g/mol. The first-order valence-electron chi connectivity index (χ1n) is 5.63. The summed E-state index contributed by atoms with van der Waals surface area (Å²) in [5.41, 5.74) is 1.90. The summed E-state index contributed by atoms with van der Waals surface area (Å²) in [5, 5.41) is 2.96. The van der Waals surface area contributed by atoms with Crippen molar-refractivity contribution in [2.75, 3.05) is 20.6 Å². The van der Waals surface area contributed by atoms with Gasteiger partial charge in [-0.25, -0.2) is 0 Å². The van der Waals surface area contributed by atoms with Gasteiger partial charge in [-0.1, -0.05) is 12.1 Å². The molecule has 0 spiro atoms. The number of aryl methyl sites for hydroxylation is 1. The number of benzene rings is 1. The van der Waals surface area contributed by atoms with Gasteiger partial charge in [-0.05, 0) is 62.2 Å². The Bertz CT molecular complexity index is 404. The molecule has 0 bridgehead atoms. The molecule has 0 aliphatic carbocycles. The van der Waals surface area contributed by atoms with Crippen LogP contribution < -0.4 is 5.32 Å². The molecule has 94 valence electrons. The molecule has 17 heavy (non-hydrogen) atoms. The van der Waals surface area contributed by atoms with Crippen molar-refractivity contribution < 1.29 is 4.79 Å². The van der Waals surface area contributed by atoms with Crippen molar-refractivity contribution in [3.05, 3.63) is 32.9 Å². The van der Waals surface area contributed by atoms with Crippen LogP contribution in [-0.2, 0) is 0 Å². The van der Waals surface area contributed by atoms with Crippen molar-refractivity contribution in [2.45, 2.75) is 19.9 Å². The molecule has 1 atom stereocenters. The fraction of sp³-hybridized carbons (Fsp3) is 0.462. The summed E-state index contributed by atoms with van der Waals surface area (Å²) in [7, 11) is 4.01. The minimum absolute atomic E-state index is 0.00630. The van der Waals surface area contributed by atoms with Crippen LogP contribution in [0.1, 0.15) is 22.8 Å². The molecule has 0 fully saturated rings. The molecule has 0 saturated carbocycles. The van der Waals surface area contributed by atoms with Gasteiger partial charge in [0.1, 0.15) is 0 Å². The van der Waals surface area contributed by atoms with Crippen LogP contribution in [0, 0.1) is 10.5 Å². The zero-order valence-corrected chi connectivity index (χ0v) is 12.9. The molecule has 1 rings (SSSR count). The molecule has 0 unspecified atom stereocenters. The Balaban J connectivity index is 2.68. The lowest BCUT2D eigenvalue weighted by Gasteiger charge is -2.20. The molecule has 1 amide bonds. The molecule has 0 aliphatic heterocycles. The van der Waals surface area contributed by atoms with Crippen LogP contribution in [0.5, 0.6) is 0 Å². The second-order valence-electron chi connectivity index (χ2n) is 4.46. The first-order chi connectivity index (χ1) is 7.93. The van der Waals surface area contributed by atoms with E-state index in [1.165, 1.54) is 0 Å². The van der Waals surface area contributed by atoms with Gasteiger partial charge in [0.25, 0.3) is 5.91 Å². The maximum Gasteiger partial charge on any atom is 0.252 e. The van der Waals surface area contributed by atoms with Crippen molar-refractivity contribution in [3.63, 3.8) is 0 Å². The summed E-state index contributed by atoms with van der Waals surface area (Å²) >= 11 is 2.22. The van der Waals surface area contributed by atoms with Gasteiger partial charge in [0, 0.05) is 16.2 Å². The number of hydrogen-bond acceptors (Lipinski definition) is 2. The molecule has 1 N–H and O–H groups in total. The molecule has 0 aromatic heterocycles. The van der Waals surface area contributed by atoms with Gasteiger partial charge >= 0.3 is 0 Å². The Hall–Kier alpha value is -0.620. The molecule has 1 aromatic carbocycles. The zero-order valence-electron chi connectivity index (χ0n) is 10.7. The van der Waals surface area contributed by atoms with Gasteiger partial charge in [0.05, 0.1) is 5.56 Å². The topological polar surface area (TPSA) is 32.3 Å². The Morgan fingerprint density at radius 2 is 2.12 bits per heavy atom. The summed E-state index contributed by atoms with van der Waals surface area (Å²) in [5.74, 6) is 0.00630. The zero-order chi connectivity index (χ0) is 13.0. The number of nitrogens with zero attached hydrogens (tertiary/aromatic N) is 1. The maximum atomic E-state index is 12.0. The van der Waals surface area contributed by atoms with Gasteiger partial charge in [-0.15, -0.1) is 0 Å². The third kappa shape index (κ3) is 3.96. The first kappa shape index (κ1) is 14.4. The van der Waals surface area contributed by atoms with Crippen molar-refractivity contribution in [1.29, 1.82) is 0 Å². The quantitative estimate of drug-likeness (QED) is 0.849. The fourth-order valence-corrected chi connectivity index (χ4v) is 1.95.